The lowest BCUT2D eigenvalue weighted by Crippen LogP contribution is -2.40. The summed E-state index contributed by atoms with van der Waals surface area (Å²) in [6, 6.07) is 0. The zero-order valence-electron chi connectivity index (χ0n) is 20.0. The first-order valence-electron chi connectivity index (χ1n) is 10.7. The van der Waals surface area contributed by atoms with Gasteiger partial charge in [-0.2, -0.15) is 0 Å². The molecule has 5 nitrogen and oxygen atoms in total. The van der Waals surface area contributed by atoms with Gasteiger partial charge in [0.05, 0.1) is 19.8 Å². The fourth-order valence-corrected chi connectivity index (χ4v) is 3.54. The van der Waals surface area contributed by atoms with Crippen LogP contribution in [0, 0.1) is 11.8 Å². The number of hydrogen-bond acceptors (Lipinski definition) is 5. The van der Waals surface area contributed by atoms with Crippen molar-refractivity contribution in [3.8, 4) is 0 Å². The van der Waals surface area contributed by atoms with Crippen molar-refractivity contribution in [2.24, 2.45) is 11.8 Å². The van der Waals surface area contributed by atoms with E-state index in [1.165, 1.54) is 25.4 Å². The van der Waals surface area contributed by atoms with Gasteiger partial charge in [-0.1, -0.05) is 42.4 Å². The monoisotopic (exact) mass is 420 g/mol. The van der Waals surface area contributed by atoms with Crippen LogP contribution in [-0.2, 0) is 19.0 Å². The Hall–Kier alpha value is -1.85. The van der Waals surface area contributed by atoms with Gasteiger partial charge in [0, 0.05) is 18.9 Å². The molecule has 0 unspecified atom stereocenters. The number of ketones is 1. The molecule has 0 aromatic rings. The number of aliphatic hydroxyl groups excluding tert-OH is 1. The van der Waals surface area contributed by atoms with E-state index < -0.39 is 6.10 Å². The molecule has 0 aliphatic heterocycles. The molecule has 0 amide bonds. The van der Waals surface area contributed by atoms with Crippen molar-refractivity contribution in [2.45, 2.75) is 72.0 Å². The van der Waals surface area contributed by atoms with Gasteiger partial charge in [-0.15, -0.1) is 0 Å². The van der Waals surface area contributed by atoms with Crippen LogP contribution in [0.3, 0.4) is 0 Å². The van der Waals surface area contributed by atoms with Crippen molar-refractivity contribution in [2.75, 3.05) is 21.3 Å². The molecule has 1 aliphatic carbocycles. The number of rotatable bonds is 11. The molecular weight excluding hydrogens is 380 g/mol. The van der Waals surface area contributed by atoms with Crippen LogP contribution in [0.4, 0.5) is 0 Å². The third kappa shape index (κ3) is 7.44. The third-order valence-corrected chi connectivity index (χ3v) is 5.86. The standard InChI is InChI=1S/C25H40O5/c1-17(13-10-16-25(4,5)30-8)11-9-12-18(2)14-15-20-19(3)21(26)23(28-6)24(29-7)22(20)27/h10-11,14,16,19-20,22,27H,9,12-13,15H2,1-8H3/b16-10+,17-11-,18-14+/t19-,20-,22-/m1/s1. The minimum atomic E-state index is -0.841. The normalized spacial score (nSPS) is 24.0. The highest BCUT2D eigenvalue weighted by atomic mass is 16.5. The highest BCUT2D eigenvalue weighted by molar-refractivity contribution is 5.97. The first kappa shape index (κ1) is 26.2. The van der Waals surface area contributed by atoms with Crippen molar-refractivity contribution in [1.29, 1.82) is 0 Å². The molecule has 0 bridgehead atoms. The summed E-state index contributed by atoms with van der Waals surface area (Å²) in [5.74, 6) is -0.270. The lowest BCUT2D eigenvalue weighted by molar-refractivity contribution is -0.128. The lowest BCUT2D eigenvalue weighted by atomic mass is 9.77. The maximum absolute atomic E-state index is 12.5. The Labute approximate surface area is 182 Å². The van der Waals surface area contributed by atoms with Crippen LogP contribution in [0.25, 0.3) is 0 Å². The van der Waals surface area contributed by atoms with Crippen LogP contribution >= 0.6 is 0 Å². The predicted octanol–water partition coefficient (Wildman–Crippen LogP) is 5.12. The number of carbonyl (C=O) groups excluding carboxylic acids is 1. The van der Waals surface area contributed by atoms with Gasteiger partial charge in [-0.25, -0.2) is 0 Å². The highest BCUT2D eigenvalue weighted by Gasteiger charge is 2.42. The van der Waals surface area contributed by atoms with Crippen molar-refractivity contribution >= 4 is 5.78 Å². The Morgan fingerprint density at radius 1 is 1.10 bits per heavy atom. The van der Waals surface area contributed by atoms with Crippen LogP contribution < -0.4 is 0 Å². The zero-order chi connectivity index (χ0) is 22.9. The summed E-state index contributed by atoms with van der Waals surface area (Å²) in [6.07, 6.45) is 11.2. The van der Waals surface area contributed by atoms with Crippen LogP contribution in [-0.4, -0.2) is 43.9 Å². The molecule has 0 saturated carbocycles. The number of methoxy groups -OCH3 is 3. The molecule has 0 saturated heterocycles. The summed E-state index contributed by atoms with van der Waals surface area (Å²) < 4.78 is 15.8. The van der Waals surface area contributed by atoms with E-state index in [1.807, 2.05) is 20.8 Å². The summed E-state index contributed by atoms with van der Waals surface area (Å²) in [5, 5.41) is 10.7. The SMILES string of the molecule is COC1=C(OC)[C@H](O)[C@H](C/C=C(\C)CC/C=C(/C)C/C=C/C(C)(C)OC)[C@@H](C)C1=O. The van der Waals surface area contributed by atoms with Gasteiger partial charge in [-0.05, 0) is 53.4 Å². The number of hydrogen-bond donors (Lipinski definition) is 1. The van der Waals surface area contributed by atoms with E-state index in [2.05, 4.69) is 38.2 Å². The van der Waals surface area contributed by atoms with Crippen LogP contribution in [0.1, 0.15) is 60.3 Å². The topological polar surface area (TPSA) is 65.0 Å². The van der Waals surface area contributed by atoms with Gasteiger partial charge in [-0.3, -0.25) is 4.79 Å². The first-order chi connectivity index (χ1) is 14.1. The maximum atomic E-state index is 12.5. The molecule has 1 N–H and O–H groups in total. The Morgan fingerprint density at radius 3 is 2.33 bits per heavy atom. The molecule has 3 atom stereocenters. The van der Waals surface area contributed by atoms with E-state index >= 15 is 0 Å². The number of ether oxygens (including phenoxy) is 3. The molecule has 1 rings (SSSR count). The van der Waals surface area contributed by atoms with E-state index in [4.69, 9.17) is 14.2 Å². The number of carbonyl (C=O) groups is 1. The summed E-state index contributed by atoms with van der Waals surface area (Å²) in [4.78, 5) is 12.5. The number of aliphatic hydroxyl groups is 1. The molecule has 5 heteroatoms. The fraction of sp³-hybridized carbons (Fsp3) is 0.640. The molecule has 0 aromatic carbocycles. The van der Waals surface area contributed by atoms with Gasteiger partial charge < -0.3 is 19.3 Å². The highest BCUT2D eigenvalue weighted by Crippen LogP contribution is 2.35. The van der Waals surface area contributed by atoms with Crippen LogP contribution in [0.5, 0.6) is 0 Å². The van der Waals surface area contributed by atoms with E-state index in [9.17, 15) is 9.90 Å². The Bertz CT molecular complexity index is 696. The van der Waals surface area contributed by atoms with Gasteiger partial charge in [0.2, 0.25) is 11.5 Å². The van der Waals surface area contributed by atoms with E-state index in [-0.39, 0.29) is 34.7 Å². The minimum absolute atomic E-state index is 0.112. The summed E-state index contributed by atoms with van der Waals surface area (Å²) >= 11 is 0. The molecule has 0 fully saturated rings. The second-order valence-electron chi connectivity index (χ2n) is 8.65. The molecule has 170 valence electrons. The first-order valence-corrected chi connectivity index (χ1v) is 10.7. The Balaban J connectivity index is 2.63. The molecule has 0 aromatic heterocycles. The van der Waals surface area contributed by atoms with E-state index in [0.717, 1.165) is 19.3 Å². The number of allylic oxidation sites excluding steroid dienone is 6. The summed E-state index contributed by atoms with van der Waals surface area (Å²) in [5.41, 5.74) is 2.35. The van der Waals surface area contributed by atoms with E-state index in [1.54, 1.807) is 7.11 Å². The fourth-order valence-electron chi connectivity index (χ4n) is 3.54. The smallest absolute Gasteiger partial charge is 0.204 e. The van der Waals surface area contributed by atoms with Crippen molar-refractivity contribution in [1.82, 2.24) is 0 Å². The minimum Gasteiger partial charge on any atom is -0.494 e. The van der Waals surface area contributed by atoms with Crippen molar-refractivity contribution < 1.29 is 24.1 Å². The second kappa shape index (κ2) is 12.1. The lowest BCUT2D eigenvalue weighted by Gasteiger charge is -2.33. The summed E-state index contributed by atoms with van der Waals surface area (Å²) in [6.45, 7) is 10.2. The molecule has 1 aliphatic rings. The average Bonchev–Trinajstić information content (AvgIpc) is 2.70. The maximum Gasteiger partial charge on any atom is 0.204 e. The predicted molar refractivity (Wildman–Crippen MR) is 121 cm³/mol. The Morgan fingerprint density at radius 2 is 1.77 bits per heavy atom. The van der Waals surface area contributed by atoms with Crippen LogP contribution in [0.15, 0.2) is 47.0 Å². The Kier molecular flexibility index (Phi) is 10.6. The van der Waals surface area contributed by atoms with Gasteiger partial charge in [0.25, 0.3) is 0 Å². The molecule has 0 heterocycles. The number of Topliss-reactive ketones (excluding diaryl/α,β-unsaturated/α-hetero) is 1. The van der Waals surface area contributed by atoms with Gasteiger partial charge in [0.15, 0.2) is 5.76 Å². The van der Waals surface area contributed by atoms with Gasteiger partial charge in [0.1, 0.15) is 6.10 Å². The molecule has 30 heavy (non-hydrogen) atoms. The zero-order valence-corrected chi connectivity index (χ0v) is 20.0. The van der Waals surface area contributed by atoms with Crippen molar-refractivity contribution in [3.63, 3.8) is 0 Å². The summed E-state index contributed by atoms with van der Waals surface area (Å²) in [7, 11) is 4.60. The molecular formula is C25H40O5. The van der Waals surface area contributed by atoms with E-state index in [0.29, 0.717) is 6.42 Å². The van der Waals surface area contributed by atoms with Gasteiger partial charge >= 0.3 is 0 Å². The third-order valence-electron chi connectivity index (χ3n) is 5.86. The quantitative estimate of drug-likeness (QED) is 0.470. The molecule has 0 radical (unpaired) electrons. The average molecular weight is 421 g/mol. The second-order valence-corrected chi connectivity index (χ2v) is 8.65. The van der Waals surface area contributed by atoms with Crippen molar-refractivity contribution in [3.05, 3.63) is 47.0 Å². The largest absolute Gasteiger partial charge is 0.494 e. The molecule has 0 spiro atoms. The van der Waals surface area contributed by atoms with Crippen LogP contribution in [0.2, 0.25) is 0 Å².